The molecule has 0 aromatic carbocycles. The molecule has 0 saturated carbocycles. The minimum Gasteiger partial charge on any atom is -0.351 e. The van der Waals surface area contributed by atoms with E-state index in [4.69, 9.17) is 1.41 Å². The zero-order valence-electron chi connectivity index (χ0n) is 4.50. The van der Waals surface area contributed by atoms with Crippen LogP contribution in [0.2, 0.25) is 1.41 Å². The summed E-state index contributed by atoms with van der Waals surface area (Å²) in [6.07, 6.45) is 0. The molecule has 0 aliphatic carbocycles. The molecule has 2 heteroatoms. The third-order valence-electron chi connectivity index (χ3n) is 0. The van der Waals surface area contributed by atoms with Gasteiger partial charge in [0.15, 0.2) is 0 Å². The van der Waals surface area contributed by atoms with Crippen LogP contribution < -0.4 is 63.5 Å². The summed E-state index contributed by atoms with van der Waals surface area (Å²) in [5, 5.41) is 0.667. The fraction of sp³-hybridized carbons (Fsp3) is 1.00. The van der Waals surface area contributed by atoms with Crippen LogP contribution in [0.1, 0.15) is 0 Å². The first-order valence-electron chi connectivity index (χ1n) is 1.50. The van der Waals surface area contributed by atoms with Gasteiger partial charge in [-0.15, -0.1) is 0 Å². The molecule has 1 nitrogen and oxygen atoms in total. The van der Waals surface area contributed by atoms with Gasteiger partial charge in [-0.2, -0.15) is 0 Å². The summed E-state index contributed by atoms with van der Waals surface area (Å²) in [4.78, 5) is 0. The molecular weight excluding hydrogens is 123 g/mol. The molecule has 0 amide bonds. The van der Waals surface area contributed by atoms with Crippen LogP contribution in [0, 0.1) is 0 Å². The van der Waals surface area contributed by atoms with Gasteiger partial charge in [-0.3, -0.25) is 0 Å². The predicted molar refractivity (Wildman–Crippen MR) is 13.8 cm³/mol. The third kappa shape index (κ3) is 9.24. The van der Waals surface area contributed by atoms with Crippen molar-refractivity contribution in [2.24, 2.45) is 0 Å². The molecule has 0 aromatic rings. The van der Waals surface area contributed by atoms with E-state index >= 15 is 0 Å². The van der Waals surface area contributed by atoms with Gasteiger partial charge >= 0.3 is 59.6 Å². The number of hydrogen-bond donors (Lipinski definition) is 1. The van der Waals surface area contributed by atoms with Crippen molar-refractivity contribution >= 4 is 0 Å². The van der Waals surface area contributed by atoms with Crippen molar-refractivity contribution in [3.63, 3.8) is 0 Å². The number of hydrogen-bond acceptors (Lipinski definition) is 0. The van der Waals surface area contributed by atoms with Crippen molar-refractivity contribution in [3.05, 3.63) is 0 Å². The summed E-state index contributed by atoms with van der Waals surface area (Å²) < 4.78 is 6.50. The minimum atomic E-state index is 0. The third-order valence-corrected chi connectivity index (χ3v) is 0. The zero-order chi connectivity index (χ0) is 3.58. The normalized spacial score (nSPS) is 9.25. The van der Waals surface area contributed by atoms with Gasteiger partial charge in [0, 0.05) is 0 Å². The molecule has 2 N–H and O–H groups in total. The van der Waals surface area contributed by atoms with Gasteiger partial charge < -0.3 is 5.31 Å². The van der Waals surface area contributed by atoms with Crippen molar-refractivity contribution in [2.75, 3.05) is 14.1 Å². The standard InChI is InChI=1S/C2H7N.Rb/c1-3-2;/h3H,1-2H3;/q;+1/p+1/i/hD. The fourth-order valence-electron chi connectivity index (χ4n) is 0. The first-order valence-corrected chi connectivity index (χ1v) is 1.00. The van der Waals surface area contributed by atoms with Crippen LogP contribution in [0.5, 0.6) is 0 Å². The first-order chi connectivity index (χ1) is 1.73. The van der Waals surface area contributed by atoms with Gasteiger partial charge in [0.2, 0.25) is 0 Å². The summed E-state index contributed by atoms with van der Waals surface area (Å²) >= 11 is 0. The van der Waals surface area contributed by atoms with E-state index in [0.29, 0.717) is 5.31 Å². The second-order valence-corrected chi connectivity index (χ2v) is 0.500. The van der Waals surface area contributed by atoms with Gasteiger partial charge in [-0.25, -0.2) is 0 Å². The van der Waals surface area contributed by atoms with Gasteiger partial charge in [0.05, 0.1) is 14.1 Å². The largest absolute Gasteiger partial charge is 1.00 e. The van der Waals surface area contributed by atoms with Gasteiger partial charge in [0.1, 0.15) is 0 Å². The molecule has 0 aliphatic heterocycles. The Labute approximate surface area is 77.4 Å². The van der Waals surface area contributed by atoms with Crippen LogP contribution in [0.3, 0.4) is 0 Å². The van der Waals surface area contributed by atoms with E-state index in [1.54, 1.807) is 14.1 Å². The van der Waals surface area contributed by atoms with Crippen LogP contribution in [0.15, 0.2) is 0 Å². The van der Waals surface area contributed by atoms with Crippen LogP contribution in [0.4, 0.5) is 0 Å². The molecule has 0 aliphatic rings. The summed E-state index contributed by atoms with van der Waals surface area (Å²) in [5.41, 5.74) is 0. The Morgan fingerprint density at radius 3 is 1.75 bits per heavy atom. The molecule has 0 unspecified atom stereocenters. The maximum atomic E-state index is 6.50. The monoisotopic (exact) mass is 132 g/mol. The Hall–Kier alpha value is 1.77. The SMILES string of the molecule is [2H][NH+](C)C.[Rb+]. The molecule has 20 valence electrons. The average Bonchev–Trinajstić information content (AvgIpc) is 0.811. The molecule has 0 saturated heterocycles. The number of rotatable bonds is 0. The Balaban J connectivity index is 0. The minimum absolute atomic E-state index is 0. The van der Waals surface area contributed by atoms with Crippen molar-refractivity contribution < 1.29 is 64.9 Å². The maximum absolute atomic E-state index is 6.50. The molecule has 0 radical (unpaired) electrons. The zero-order valence-corrected chi connectivity index (χ0v) is 8.42. The predicted octanol–water partition coefficient (Wildman–Crippen LogP) is -4.19. The van der Waals surface area contributed by atoms with E-state index in [-0.39, 0.29) is 58.2 Å². The fourth-order valence-corrected chi connectivity index (χ4v) is 0. The molecular formula is C2H8NRb+2. The molecule has 0 aromatic heterocycles. The number of nitrogens with two attached hydrogens (primary N) is 1. The van der Waals surface area contributed by atoms with Crippen LogP contribution >= 0.6 is 0 Å². The molecule has 4 heavy (non-hydrogen) atoms. The Morgan fingerprint density at radius 1 is 1.75 bits per heavy atom. The topological polar surface area (TPSA) is 16.6 Å². The summed E-state index contributed by atoms with van der Waals surface area (Å²) in [7, 11) is 3.50. The summed E-state index contributed by atoms with van der Waals surface area (Å²) in [6, 6.07) is 0. The van der Waals surface area contributed by atoms with E-state index in [1.165, 1.54) is 0 Å². The quantitative estimate of drug-likeness (QED) is 0.345. The molecule has 0 fully saturated rings. The Bertz CT molecular complexity index is 14.4. The van der Waals surface area contributed by atoms with E-state index in [1.807, 2.05) is 0 Å². The van der Waals surface area contributed by atoms with Gasteiger partial charge in [-0.05, 0) is 0 Å². The Morgan fingerprint density at radius 2 is 1.75 bits per heavy atom. The maximum Gasteiger partial charge on any atom is 1.00 e. The van der Waals surface area contributed by atoms with E-state index in [2.05, 4.69) is 0 Å². The van der Waals surface area contributed by atoms with Gasteiger partial charge in [-0.1, -0.05) is 0 Å². The molecule has 0 atom stereocenters. The second-order valence-electron chi connectivity index (χ2n) is 0.500. The Kier molecular flexibility index (Phi) is 12.7. The van der Waals surface area contributed by atoms with Crippen molar-refractivity contribution in [1.82, 2.24) is 0 Å². The first kappa shape index (κ1) is 5.77. The van der Waals surface area contributed by atoms with Crippen LogP contribution in [-0.2, 0) is 0 Å². The van der Waals surface area contributed by atoms with Crippen LogP contribution in [0.25, 0.3) is 0 Å². The smallest absolute Gasteiger partial charge is 0.351 e. The summed E-state index contributed by atoms with van der Waals surface area (Å²) in [6.45, 7) is 0. The van der Waals surface area contributed by atoms with Crippen molar-refractivity contribution in [2.45, 2.75) is 0 Å². The second kappa shape index (κ2) is 8.83. The molecule has 0 rings (SSSR count). The number of quaternary nitrogens is 1. The average molecular weight is 133 g/mol. The van der Waals surface area contributed by atoms with E-state index < -0.39 is 0 Å². The molecule has 0 spiro atoms. The van der Waals surface area contributed by atoms with Crippen molar-refractivity contribution in [1.29, 1.82) is 0 Å². The van der Waals surface area contributed by atoms with Crippen molar-refractivity contribution in [3.8, 4) is 0 Å². The van der Waals surface area contributed by atoms with Gasteiger partial charge in [0.25, 0.3) is 0 Å². The van der Waals surface area contributed by atoms with Crippen LogP contribution in [-0.4, -0.2) is 14.1 Å². The molecule has 0 heterocycles. The molecule has 0 bridgehead atoms. The van der Waals surface area contributed by atoms with E-state index in [0.717, 1.165) is 0 Å². The summed E-state index contributed by atoms with van der Waals surface area (Å²) in [5.74, 6) is 0. The van der Waals surface area contributed by atoms with E-state index in [9.17, 15) is 0 Å².